The second-order valence-electron chi connectivity index (χ2n) is 6.17. The molecule has 9 heteroatoms. The predicted octanol–water partition coefficient (Wildman–Crippen LogP) is 1.22. The number of nitrogens with one attached hydrogen (secondary N) is 1. The van der Waals surface area contributed by atoms with Crippen molar-refractivity contribution in [2.24, 2.45) is 5.73 Å². The molecule has 0 aromatic carbocycles. The summed E-state index contributed by atoms with van der Waals surface area (Å²) >= 11 is 0. The number of hydrogen-bond donors (Lipinski definition) is 3. The third-order valence-electron chi connectivity index (χ3n) is 4.07. The van der Waals surface area contributed by atoms with Crippen LogP contribution in [0.25, 0.3) is 0 Å². The van der Waals surface area contributed by atoms with Crippen LogP contribution in [-0.4, -0.2) is 80.5 Å². The van der Waals surface area contributed by atoms with E-state index in [1.807, 2.05) is 0 Å². The van der Waals surface area contributed by atoms with Crippen LogP contribution in [-0.2, 0) is 14.2 Å². The van der Waals surface area contributed by atoms with Crippen LogP contribution in [0.2, 0.25) is 0 Å². The van der Waals surface area contributed by atoms with Crippen LogP contribution in [0.15, 0.2) is 12.3 Å². The predicted molar refractivity (Wildman–Crippen MR) is 108 cm³/mol. The molecule has 1 aliphatic heterocycles. The van der Waals surface area contributed by atoms with E-state index in [9.17, 15) is 0 Å². The molecule has 2 rings (SSSR count). The summed E-state index contributed by atoms with van der Waals surface area (Å²) in [7, 11) is 1.00. The number of anilines is 1. The minimum absolute atomic E-state index is 0.219. The lowest BCUT2D eigenvalue weighted by molar-refractivity contribution is 0.00170. The molecular weight excluding hydrogens is 364 g/mol. The van der Waals surface area contributed by atoms with Crippen molar-refractivity contribution < 1.29 is 24.1 Å². The molecule has 1 aromatic rings. The molecule has 1 saturated heterocycles. The molecule has 28 heavy (non-hydrogen) atoms. The Kier molecular flexibility index (Phi) is 14.4. The number of nitrogens with zero attached hydrogens (tertiary/aromatic N) is 2. The summed E-state index contributed by atoms with van der Waals surface area (Å²) in [6, 6.07) is 1.99. The lowest BCUT2D eigenvalue weighted by atomic mass is 9.99. The van der Waals surface area contributed by atoms with Crippen molar-refractivity contribution in [3.05, 3.63) is 12.3 Å². The van der Waals surface area contributed by atoms with Crippen molar-refractivity contribution in [2.75, 3.05) is 58.6 Å². The molecular formula is C19H36N4O5. The zero-order valence-electron chi connectivity index (χ0n) is 17.1. The Hall–Kier alpha value is -1.52. The average molecular weight is 401 g/mol. The summed E-state index contributed by atoms with van der Waals surface area (Å²) in [5, 5.41) is 10.4. The Morgan fingerprint density at radius 1 is 1.21 bits per heavy atom. The summed E-state index contributed by atoms with van der Waals surface area (Å²) in [5.74, 6) is 1.12. The third kappa shape index (κ3) is 10.1. The van der Waals surface area contributed by atoms with Gasteiger partial charge in [0.05, 0.1) is 38.6 Å². The van der Waals surface area contributed by atoms with Gasteiger partial charge in [0.25, 0.3) is 0 Å². The molecule has 0 amide bonds. The summed E-state index contributed by atoms with van der Waals surface area (Å²) in [6.07, 6.45) is 6.19. The van der Waals surface area contributed by atoms with Gasteiger partial charge in [-0.15, -0.1) is 0 Å². The van der Waals surface area contributed by atoms with Gasteiger partial charge in [-0.25, -0.2) is 4.98 Å². The lowest BCUT2D eigenvalue weighted by Crippen LogP contribution is -2.40. The van der Waals surface area contributed by atoms with Crippen LogP contribution < -0.4 is 15.8 Å². The number of ether oxygens (including phenoxy) is 4. The molecule has 2 atom stereocenters. The zero-order chi connectivity index (χ0) is 20.5. The highest BCUT2D eigenvalue weighted by Crippen LogP contribution is 2.21. The van der Waals surface area contributed by atoms with Gasteiger partial charge >= 0.3 is 0 Å². The van der Waals surface area contributed by atoms with Crippen LogP contribution in [0.1, 0.15) is 32.6 Å². The van der Waals surface area contributed by atoms with E-state index in [0.29, 0.717) is 51.4 Å². The van der Waals surface area contributed by atoms with Gasteiger partial charge in [0, 0.05) is 32.5 Å². The van der Waals surface area contributed by atoms with Crippen molar-refractivity contribution in [1.29, 1.82) is 0 Å². The van der Waals surface area contributed by atoms with Crippen LogP contribution in [0.4, 0.5) is 5.95 Å². The fraction of sp³-hybridized carbons (Fsp3) is 0.789. The molecule has 0 radical (unpaired) electrons. The molecule has 1 aliphatic rings. The molecule has 0 bridgehead atoms. The quantitative estimate of drug-likeness (QED) is 0.420. The first-order chi connectivity index (χ1) is 13.8. The van der Waals surface area contributed by atoms with E-state index in [4.69, 9.17) is 29.8 Å². The highest BCUT2D eigenvalue weighted by molar-refractivity contribution is 5.29. The normalized spacial score (nSPS) is 18.9. The minimum atomic E-state index is 0.219. The number of aliphatic hydroxyl groups excluding tert-OH is 1. The van der Waals surface area contributed by atoms with Crippen molar-refractivity contribution in [3.8, 4) is 5.88 Å². The second-order valence-corrected chi connectivity index (χ2v) is 6.17. The highest BCUT2D eigenvalue weighted by atomic mass is 16.5. The SMILES string of the molecule is CCCC1OCCCC1Nc1nccc(OCCOCCOCCN)n1.CO. The largest absolute Gasteiger partial charge is 0.475 e. The summed E-state index contributed by atoms with van der Waals surface area (Å²) in [5.41, 5.74) is 5.34. The number of hydrogen-bond acceptors (Lipinski definition) is 9. The van der Waals surface area contributed by atoms with E-state index >= 15 is 0 Å². The second kappa shape index (κ2) is 16.4. The smallest absolute Gasteiger partial charge is 0.226 e. The Bertz CT molecular complexity index is 493. The monoisotopic (exact) mass is 400 g/mol. The van der Waals surface area contributed by atoms with E-state index in [1.54, 1.807) is 12.3 Å². The van der Waals surface area contributed by atoms with Crippen LogP contribution in [0.5, 0.6) is 5.88 Å². The highest BCUT2D eigenvalue weighted by Gasteiger charge is 2.25. The first-order valence-electron chi connectivity index (χ1n) is 9.97. The average Bonchev–Trinajstić information content (AvgIpc) is 2.73. The standard InChI is InChI=1S/C18H32N4O4.CH4O/c1-2-4-16-15(5-3-9-25-16)21-18-20-8-6-17(22-18)26-14-13-24-12-11-23-10-7-19;1-2/h6,8,15-16H,2-5,7,9-14,19H2,1H3,(H,20,21,22);2H,1H3. The summed E-state index contributed by atoms with van der Waals surface area (Å²) < 4.78 is 22.2. The van der Waals surface area contributed by atoms with E-state index in [2.05, 4.69) is 22.2 Å². The molecule has 1 fully saturated rings. The van der Waals surface area contributed by atoms with Crippen molar-refractivity contribution in [3.63, 3.8) is 0 Å². The Morgan fingerprint density at radius 2 is 1.96 bits per heavy atom. The van der Waals surface area contributed by atoms with Crippen LogP contribution >= 0.6 is 0 Å². The van der Waals surface area contributed by atoms with Crippen LogP contribution in [0, 0.1) is 0 Å². The maximum absolute atomic E-state index is 7.00. The Labute approximate surface area is 167 Å². The van der Waals surface area contributed by atoms with Gasteiger partial charge in [-0.3, -0.25) is 0 Å². The van der Waals surface area contributed by atoms with Gasteiger partial charge in [0.15, 0.2) is 0 Å². The van der Waals surface area contributed by atoms with Crippen molar-refractivity contribution in [2.45, 2.75) is 44.8 Å². The summed E-state index contributed by atoms with van der Waals surface area (Å²) in [6.45, 7) is 6.07. The fourth-order valence-electron chi connectivity index (χ4n) is 2.84. The van der Waals surface area contributed by atoms with Crippen molar-refractivity contribution >= 4 is 5.95 Å². The maximum atomic E-state index is 7.00. The van der Waals surface area contributed by atoms with E-state index in [0.717, 1.165) is 39.4 Å². The van der Waals surface area contributed by atoms with Gasteiger partial charge < -0.3 is 35.1 Å². The van der Waals surface area contributed by atoms with Crippen molar-refractivity contribution in [1.82, 2.24) is 9.97 Å². The molecule has 2 unspecified atom stereocenters. The number of aliphatic hydroxyl groups is 1. The summed E-state index contributed by atoms with van der Waals surface area (Å²) in [4.78, 5) is 8.72. The molecule has 0 aliphatic carbocycles. The maximum Gasteiger partial charge on any atom is 0.226 e. The molecule has 9 nitrogen and oxygen atoms in total. The Morgan fingerprint density at radius 3 is 2.71 bits per heavy atom. The zero-order valence-corrected chi connectivity index (χ0v) is 17.1. The molecule has 0 saturated carbocycles. The third-order valence-corrected chi connectivity index (χ3v) is 4.07. The molecule has 162 valence electrons. The molecule has 0 spiro atoms. The number of nitrogens with two attached hydrogens (primary N) is 1. The first kappa shape index (κ1) is 24.5. The minimum Gasteiger partial charge on any atom is -0.475 e. The Balaban J connectivity index is 0.00000190. The van der Waals surface area contributed by atoms with E-state index in [-0.39, 0.29) is 12.1 Å². The number of rotatable bonds is 13. The number of aromatic nitrogens is 2. The molecule has 1 aromatic heterocycles. The van der Waals surface area contributed by atoms with Gasteiger partial charge in [-0.2, -0.15) is 4.98 Å². The van der Waals surface area contributed by atoms with Gasteiger partial charge in [0.1, 0.15) is 6.61 Å². The molecule has 2 heterocycles. The van der Waals surface area contributed by atoms with E-state index in [1.165, 1.54) is 0 Å². The molecule has 4 N–H and O–H groups in total. The fourth-order valence-corrected chi connectivity index (χ4v) is 2.84. The van der Waals surface area contributed by atoms with Crippen LogP contribution in [0.3, 0.4) is 0 Å². The van der Waals surface area contributed by atoms with E-state index < -0.39 is 0 Å². The lowest BCUT2D eigenvalue weighted by Gasteiger charge is -2.32. The first-order valence-corrected chi connectivity index (χ1v) is 9.97. The topological polar surface area (TPSA) is 121 Å². The van der Waals surface area contributed by atoms with Gasteiger partial charge in [-0.1, -0.05) is 13.3 Å². The van der Waals surface area contributed by atoms with Gasteiger partial charge in [-0.05, 0) is 19.3 Å². The van der Waals surface area contributed by atoms with Gasteiger partial charge in [0.2, 0.25) is 11.8 Å².